The molecule has 0 spiro atoms. The summed E-state index contributed by atoms with van der Waals surface area (Å²) in [4.78, 5) is 4.38. The quantitative estimate of drug-likeness (QED) is 0.673. The van der Waals surface area contributed by atoms with E-state index in [0.29, 0.717) is 21.3 Å². The first-order valence-electron chi connectivity index (χ1n) is 5.25. The Balaban J connectivity index is 2.26. The van der Waals surface area contributed by atoms with E-state index in [9.17, 15) is 4.39 Å². The predicted octanol–water partition coefficient (Wildman–Crippen LogP) is 4.34. The lowest BCUT2D eigenvalue weighted by Gasteiger charge is -2.02. The Morgan fingerprint density at radius 2 is 2.06 bits per heavy atom. The molecule has 3 rings (SSSR count). The molecule has 90 valence electrons. The minimum atomic E-state index is -0.361. The number of hydrogen-bond acceptors (Lipinski definition) is 3. The summed E-state index contributed by atoms with van der Waals surface area (Å²) in [5, 5.41) is 1.18. The number of halogens is 2. The van der Waals surface area contributed by atoms with Crippen LogP contribution in [0.15, 0.2) is 36.4 Å². The lowest BCUT2D eigenvalue weighted by atomic mass is 10.2. The summed E-state index contributed by atoms with van der Waals surface area (Å²) in [6, 6.07) is 10.0. The van der Waals surface area contributed by atoms with Gasteiger partial charge in [-0.15, -0.1) is 11.3 Å². The summed E-state index contributed by atoms with van der Waals surface area (Å²) >= 11 is 7.30. The lowest BCUT2D eigenvalue weighted by molar-refractivity contribution is 0.632. The highest BCUT2D eigenvalue weighted by atomic mass is 35.5. The maximum atomic E-state index is 13.8. The van der Waals surface area contributed by atoms with Crippen LogP contribution in [0.1, 0.15) is 0 Å². The molecular formula is C13H8ClFN2S. The molecular weight excluding hydrogens is 271 g/mol. The second-order valence-electron chi connectivity index (χ2n) is 3.84. The summed E-state index contributed by atoms with van der Waals surface area (Å²) < 4.78 is 14.8. The van der Waals surface area contributed by atoms with Crippen LogP contribution in [0.4, 0.5) is 10.1 Å². The zero-order valence-electron chi connectivity index (χ0n) is 9.15. The fourth-order valence-corrected chi connectivity index (χ4v) is 2.96. The van der Waals surface area contributed by atoms with Gasteiger partial charge in [-0.25, -0.2) is 9.37 Å². The molecule has 0 aliphatic heterocycles. The zero-order chi connectivity index (χ0) is 12.7. The molecule has 0 fully saturated rings. The average Bonchev–Trinajstić information content (AvgIpc) is 2.71. The van der Waals surface area contributed by atoms with Gasteiger partial charge in [-0.05, 0) is 30.3 Å². The van der Waals surface area contributed by atoms with Gasteiger partial charge in [0.05, 0.1) is 15.8 Å². The van der Waals surface area contributed by atoms with Crippen LogP contribution in [0, 0.1) is 5.82 Å². The van der Waals surface area contributed by atoms with Gasteiger partial charge in [0.2, 0.25) is 0 Å². The summed E-state index contributed by atoms with van der Waals surface area (Å²) in [6.45, 7) is 0. The Morgan fingerprint density at radius 3 is 2.83 bits per heavy atom. The van der Waals surface area contributed by atoms with Crippen LogP contribution in [0.2, 0.25) is 5.02 Å². The van der Waals surface area contributed by atoms with Crippen molar-refractivity contribution < 1.29 is 4.39 Å². The van der Waals surface area contributed by atoms with Crippen molar-refractivity contribution in [3.63, 3.8) is 0 Å². The highest BCUT2D eigenvalue weighted by molar-refractivity contribution is 7.21. The molecule has 0 radical (unpaired) electrons. The highest BCUT2D eigenvalue weighted by Gasteiger charge is 2.13. The van der Waals surface area contributed by atoms with Gasteiger partial charge < -0.3 is 5.73 Å². The number of nitrogen functional groups attached to an aromatic ring is 1. The standard InChI is InChI=1S/C13H8ClFN2S/c14-7-4-5-11-10(6-7)17-13(18-11)12-8(15)2-1-3-9(12)16/h1-6H,16H2. The van der Waals surface area contributed by atoms with Crippen molar-refractivity contribution in [2.75, 3.05) is 5.73 Å². The minimum absolute atomic E-state index is 0.356. The van der Waals surface area contributed by atoms with E-state index < -0.39 is 0 Å². The van der Waals surface area contributed by atoms with Crippen molar-refractivity contribution in [3.05, 3.63) is 47.2 Å². The monoisotopic (exact) mass is 278 g/mol. The van der Waals surface area contributed by atoms with E-state index in [1.54, 1.807) is 24.3 Å². The van der Waals surface area contributed by atoms with Gasteiger partial charge >= 0.3 is 0 Å². The third-order valence-corrected chi connectivity index (χ3v) is 3.90. The van der Waals surface area contributed by atoms with Gasteiger partial charge in [0.15, 0.2) is 0 Å². The smallest absolute Gasteiger partial charge is 0.135 e. The predicted molar refractivity (Wildman–Crippen MR) is 74.4 cm³/mol. The van der Waals surface area contributed by atoms with Gasteiger partial charge in [0, 0.05) is 10.7 Å². The number of hydrogen-bond donors (Lipinski definition) is 1. The largest absolute Gasteiger partial charge is 0.398 e. The van der Waals surface area contributed by atoms with Gasteiger partial charge in [0.1, 0.15) is 10.8 Å². The molecule has 0 saturated carbocycles. The van der Waals surface area contributed by atoms with Gasteiger partial charge in [-0.2, -0.15) is 0 Å². The van der Waals surface area contributed by atoms with E-state index >= 15 is 0 Å². The van der Waals surface area contributed by atoms with Crippen LogP contribution < -0.4 is 5.73 Å². The van der Waals surface area contributed by atoms with Crippen molar-refractivity contribution >= 4 is 38.8 Å². The first-order valence-corrected chi connectivity index (χ1v) is 6.45. The van der Waals surface area contributed by atoms with Crippen LogP contribution >= 0.6 is 22.9 Å². The number of nitrogens with two attached hydrogens (primary N) is 1. The number of aromatic nitrogens is 1. The van der Waals surface area contributed by atoms with Gasteiger partial charge in [-0.1, -0.05) is 17.7 Å². The summed E-state index contributed by atoms with van der Waals surface area (Å²) in [5.41, 5.74) is 7.31. The Bertz CT molecular complexity index is 719. The van der Waals surface area contributed by atoms with Crippen LogP contribution in [-0.2, 0) is 0 Å². The summed E-state index contributed by atoms with van der Waals surface area (Å²) in [7, 11) is 0. The number of thiazole rings is 1. The molecule has 18 heavy (non-hydrogen) atoms. The Hall–Kier alpha value is -1.65. The van der Waals surface area contributed by atoms with Crippen molar-refractivity contribution in [1.82, 2.24) is 4.98 Å². The minimum Gasteiger partial charge on any atom is -0.398 e. The topological polar surface area (TPSA) is 38.9 Å². The van der Waals surface area contributed by atoms with E-state index in [1.807, 2.05) is 6.07 Å². The van der Waals surface area contributed by atoms with Gasteiger partial charge in [-0.3, -0.25) is 0 Å². The molecule has 0 aliphatic rings. The first kappa shape index (κ1) is 11.4. The Kier molecular flexibility index (Phi) is 2.69. The number of fused-ring (bicyclic) bond motifs is 1. The van der Waals surface area contributed by atoms with Gasteiger partial charge in [0.25, 0.3) is 0 Å². The van der Waals surface area contributed by atoms with Crippen molar-refractivity contribution in [1.29, 1.82) is 0 Å². The number of anilines is 1. The molecule has 0 bridgehead atoms. The van der Waals surface area contributed by atoms with E-state index in [2.05, 4.69) is 4.98 Å². The Morgan fingerprint density at radius 1 is 1.22 bits per heavy atom. The molecule has 3 aromatic rings. The van der Waals surface area contributed by atoms with Crippen molar-refractivity contribution in [2.24, 2.45) is 0 Å². The Labute approximate surface area is 112 Å². The molecule has 0 unspecified atom stereocenters. The second kappa shape index (κ2) is 4.23. The molecule has 0 atom stereocenters. The molecule has 0 saturated heterocycles. The molecule has 2 N–H and O–H groups in total. The molecule has 0 amide bonds. The molecule has 5 heteroatoms. The fraction of sp³-hybridized carbons (Fsp3) is 0. The van der Waals surface area contributed by atoms with E-state index in [0.717, 1.165) is 10.2 Å². The molecule has 1 heterocycles. The van der Waals surface area contributed by atoms with Crippen molar-refractivity contribution in [3.8, 4) is 10.6 Å². The SMILES string of the molecule is Nc1cccc(F)c1-c1nc2cc(Cl)ccc2s1. The molecule has 1 aromatic heterocycles. The summed E-state index contributed by atoms with van der Waals surface area (Å²) in [5.74, 6) is -0.361. The first-order chi connectivity index (χ1) is 8.65. The molecule has 2 nitrogen and oxygen atoms in total. The van der Waals surface area contributed by atoms with E-state index in [1.165, 1.54) is 17.4 Å². The van der Waals surface area contributed by atoms with Crippen molar-refractivity contribution in [2.45, 2.75) is 0 Å². The fourth-order valence-electron chi connectivity index (χ4n) is 1.77. The van der Waals surface area contributed by atoms with E-state index in [-0.39, 0.29) is 5.82 Å². The average molecular weight is 279 g/mol. The highest BCUT2D eigenvalue weighted by Crippen LogP contribution is 2.35. The van der Waals surface area contributed by atoms with Crippen LogP contribution in [0.5, 0.6) is 0 Å². The molecule has 0 aliphatic carbocycles. The number of nitrogens with zero attached hydrogens (tertiary/aromatic N) is 1. The maximum Gasteiger partial charge on any atom is 0.135 e. The lowest BCUT2D eigenvalue weighted by Crippen LogP contribution is -1.92. The normalized spacial score (nSPS) is 11.0. The van der Waals surface area contributed by atoms with Crippen LogP contribution in [-0.4, -0.2) is 4.98 Å². The second-order valence-corrected chi connectivity index (χ2v) is 5.30. The van der Waals surface area contributed by atoms with Crippen LogP contribution in [0.25, 0.3) is 20.8 Å². The number of rotatable bonds is 1. The van der Waals surface area contributed by atoms with E-state index in [4.69, 9.17) is 17.3 Å². The summed E-state index contributed by atoms with van der Waals surface area (Å²) in [6.07, 6.45) is 0. The maximum absolute atomic E-state index is 13.8. The third-order valence-electron chi connectivity index (χ3n) is 2.61. The zero-order valence-corrected chi connectivity index (χ0v) is 10.7. The molecule has 2 aromatic carbocycles. The third kappa shape index (κ3) is 1.83. The van der Waals surface area contributed by atoms with Crippen LogP contribution in [0.3, 0.4) is 0 Å². The number of benzene rings is 2.